The molecule has 0 saturated carbocycles. The smallest absolute Gasteiger partial charge is 0.462 e. The molecule has 0 bridgehead atoms. The van der Waals surface area contributed by atoms with Crippen LogP contribution in [-0.2, 0) is 32.7 Å². The Kier molecular flexibility index (Phi) is 46.3. The van der Waals surface area contributed by atoms with Crippen molar-refractivity contribution in [2.45, 2.75) is 270 Å². The van der Waals surface area contributed by atoms with Crippen molar-refractivity contribution in [2.75, 3.05) is 26.4 Å². The molecule has 10 heteroatoms. The third kappa shape index (κ3) is 46.3. The highest BCUT2D eigenvalue weighted by molar-refractivity contribution is 7.47. The molecule has 0 radical (unpaired) electrons. The zero-order valence-electron chi connectivity index (χ0n) is 39.5. The van der Waals surface area contributed by atoms with Crippen LogP contribution in [0.2, 0.25) is 0 Å². The van der Waals surface area contributed by atoms with Gasteiger partial charge in [-0.25, -0.2) is 4.57 Å². The number of rotatable bonds is 49. The maximum atomic E-state index is 12.6. The minimum atomic E-state index is -4.38. The third-order valence-electron chi connectivity index (χ3n) is 11.4. The summed E-state index contributed by atoms with van der Waals surface area (Å²) in [6.45, 7) is 3.76. The molecule has 1 unspecified atom stereocenters. The average molecular weight is 872 g/mol. The van der Waals surface area contributed by atoms with E-state index in [1.165, 1.54) is 199 Å². The Morgan fingerprint density at radius 3 is 1.23 bits per heavy atom. The van der Waals surface area contributed by atoms with Crippen LogP contribution < -0.4 is 5.73 Å². The predicted molar refractivity (Wildman–Crippen MR) is 252 cm³/mol. The molecule has 0 aromatic heterocycles. The van der Waals surface area contributed by atoms with Crippen molar-refractivity contribution in [1.29, 1.82) is 0 Å². The molecular formula is C50H98NO8P. The van der Waals surface area contributed by atoms with E-state index in [-0.39, 0.29) is 38.6 Å². The molecule has 0 spiro atoms. The zero-order valence-corrected chi connectivity index (χ0v) is 40.4. The molecule has 0 saturated heterocycles. The van der Waals surface area contributed by atoms with Crippen molar-refractivity contribution in [3.63, 3.8) is 0 Å². The van der Waals surface area contributed by atoms with E-state index in [4.69, 9.17) is 24.3 Å². The number of unbranched alkanes of at least 4 members (excludes halogenated alkanes) is 34. The molecule has 60 heavy (non-hydrogen) atoms. The topological polar surface area (TPSA) is 134 Å². The molecule has 0 rings (SSSR count). The van der Waals surface area contributed by atoms with Gasteiger partial charge in [0.25, 0.3) is 0 Å². The van der Waals surface area contributed by atoms with Gasteiger partial charge in [0.1, 0.15) is 6.61 Å². The molecule has 0 aliphatic rings. The normalized spacial score (nSPS) is 13.2. The Balaban J connectivity index is 4.02. The lowest BCUT2D eigenvalue weighted by Crippen LogP contribution is -2.29. The second-order valence-electron chi connectivity index (χ2n) is 17.4. The van der Waals surface area contributed by atoms with Gasteiger partial charge in [-0.2, -0.15) is 0 Å². The molecule has 2 atom stereocenters. The molecule has 9 nitrogen and oxygen atoms in total. The summed E-state index contributed by atoms with van der Waals surface area (Å²) in [7, 11) is -4.38. The van der Waals surface area contributed by atoms with Crippen molar-refractivity contribution in [1.82, 2.24) is 0 Å². The van der Waals surface area contributed by atoms with E-state index in [1.807, 2.05) is 0 Å². The van der Waals surface area contributed by atoms with Crippen molar-refractivity contribution in [3.05, 3.63) is 12.2 Å². The molecular weight excluding hydrogens is 774 g/mol. The molecule has 0 heterocycles. The van der Waals surface area contributed by atoms with E-state index in [9.17, 15) is 19.0 Å². The van der Waals surface area contributed by atoms with E-state index >= 15 is 0 Å². The van der Waals surface area contributed by atoms with Crippen molar-refractivity contribution >= 4 is 19.8 Å². The highest BCUT2D eigenvalue weighted by Crippen LogP contribution is 2.43. The lowest BCUT2D eigenvalue weighted by atomic mass is 10.0. The van der Waals surface area contributed by atoms with Crippen LogP contribution >= 0.6 is 7.82 Å². The van der Waals surface area contributed by atoms with Gasteiger partial charge in [0.2, 0.25) is 0 Å². The lowest BCUT2D eigenvalue weighted by molar-refractivity contribution is -0.161. The summed E-state index contributed by atoms with van der Waals surface area (Å²) < 4.78 is 32.9. The van der Waals surface area contributed by atoms with Crippen LogP contribution in [0.15, 0.2) is 12.2 Å². The lowest BCUT2D eigenvalue weighted by Gasteiger charge is -2.19. The number of hydrogen-bond acceptors (Lipinski definition) is 8. The van der Waals surface area contributed by atoms with Gasteiger partial charge in [-0.3, -0.25) is 18.6 Å². The minimum Gasteiger partial charge on any atom is -0.462 e. The number of phosphoric acid groups is 1. The molecule has 0 amide bonds. The Morgan fingerprint density at radius 1 is 0.483 bits per heavy atom. The minimum absolute atomic E-state index is 0.0529. The predicted octanol–water partition coefficient (Wildman–Crippen LogP) is 15.3. The number of nitrogens with two attached hydrogens (primary N) is 1. The van der Waals surface area contributed by atoms with Crippen LogP contribution in [0.5, 0.6) is 0 Å². The van der Waals surface area contributed by atoms with Gasteiger partial charge in [-0.05, 0) is 32.1 Å². The number of phosphoric ester groups is 1. The molecule has 0 aromatic carbocycles. The SMILES string of the molecule is CCCCCCCCCCCCCCCCCCCC/C=C/CCCC(=O)O[C@H](COC(=O)CCCCCCCCCCCCCCCCCC)COP(=O)(O)OCCN. The van der Waals surface area contributed by atoms with Gasteiger partial charge in [0, 0.05) is 19.4 Å². The van der Waals surface area contributed by atoms with Gasteiger partial charge in [0.05, 0.1) is 13.2 Å². The molecule has 356 valence electrons. The molecule has 0 fully saturated rings. The fourth-order valence-corrected chi connectivity index (χ4v) is 8.35. The first-order chi connectivity index (χ1) is 29.3. The van der Waals surface area contributed by atoms with Crippen LogP contribution in [-0.4, -0.2) is 49.3 Å². The summed E-state index contributed by atoms with van der Waals surface area (Å²) in [5.74, 6) is -0.849. The van der Waals surface area contributed by atoms with E-state index in [2.05, 4.69) is 26.0 Å². The van der Waals surface area contributed by atoms with Gasteiger partial charge in [-0.1, -0.05) is 231 Å². The fourth-order valence-electron chi connectivity index (χ4n) is 7.58. The molecule has 0 aliphatic carbocycles. The van der Waals surface area contributed by atoms with Gasteiger partial charge >= 0.3 is 19.8 Å². The third-order valence-corrected chi connectivity index (χ3v) is 12.4. The van der Waals surface area contributed by atoms with Crippen LogP contribution in [0.4, 0.5) is 0 Å². The standard InChI is InChI=1S/C50H98NO8P/c1-3-5-7-9-11-13-15-17-19-21-22-23-24-25-26-27-29-31-33-35-37-39-41-43-50(53)59-48(47-58-60(54,55)57-45-44-51)46-56-49(52)42-40-38-36-34-32-30-28-20-18-16-14-12-10-8-6-4-2/h35,37,48H,3-34,36,38-47,51H2,1-2H3,(H,54,55)/b37-35+/t48-/m1/s1. The average Bonchev–Trinajstić information content (AvgIpc) is 3.24. The Hall–Kier alpha value is -1.25. The maximum absolute atomic E-state index is 12.6. The van der Waals surface area contributed by atoms with Crippen molar-refractivity contribution < 1.29 is 37.6 Å². The summed E-state index contributed by atoms with van der Waals surface area (Å²) >= 11 is 0. The molecule has 0 aromatic rings. The molecule has 3 N–H and O–H groups in total. The summed E-state index contributed by atoms with van der Waals surface area (Å²) in [6, 6.07) is 0. The highest BCUT2D eigenvalue weighted by atomic mass is 31.2. The summed E-state index contributed by atoms with van der Waals surface area (Å²) in [5, 5.41) is 0. The second-order valence-corrected chi connectivity index (χ2v) is 18.9. The number of allylic oxidation sites excluding steroid dienone is 2. The Labute approximate surface area is 370 Å². The first-order valence-corrected chi connectivity index (χ1v) is 27.2. The number of hydrogen-bond donors (Lipinski definition) is 2. The molecule has 0 aliphatic heterocycles. The quantitative estimate of drug-likeness (QED) is 0.0265. The van der Waals surface area contributed by atoms with Crippen LogP contribution in [0.1, 0.15) is 264 Å². The number of esters is 2. The van der Waals surface area contributed by atoms with E-state index < -0.39 is 26.5 Å². The maximum Gasteiger partial charge on any atom is 0.472 e. The summed E-state index contributed by atoms with van der Waals surface area (Å²) in [5.41, 5.74) is 5.36. The largest absolute Gasteiger partial charge is 0.472 e. The Morgan fingerprint density at radius 2 is 0.833 bits per heavy atom. The fraction of sp³-hybridized carbons (Fsp3) is 0.920. The van der Waals surface area contributed by atoms with Crippen LogP contribution in [0.3, 0.4) is 0 Å². The highest BCUT2D eigenvalue weighted by Gasteiger charge is 2.26. The van der Waals surface area contributed by atoms with Crippen molar-refractivity contribution in [2.24, 2.45) is 5.73 Å². The number of carbonyl (C=O) groups is 2. The first-order valence-electron chi connectivity index (χ1n) is 25.7. The monoisotopic (exact) mass is 872 g/mol. The Bertz CT molecular complexity index is 995. The van der Waals surface area contributed by atoms with Gasteiger partial charge in [-0.15, -0.1) is 0 Å². The first kappa shape index (κ1) is 58.8. The zero-order chi connectivity index (χ0) is 43.9. The summed E-state index contributed by atoms with van der Waals surface area (Å²) in [4.78, 5) is 35.0. The van der Waals surface area contributed by atoms with Gasteiger partial charge < -0.3 is 20.1 Å². The second kappa shape index (κ2) is 47.2. The van der Waals surface area contributed by atoms with Crippen LogP contribution in [0.25, 0.3) is 0 Å². The number of ether oxygens (including phenoxy) is 2. The van der Waals surface area contributed by atoms with E-state index in [0.717, 1.165) is 32.1 Å². The van der Waals surface area contributed by atoms with E-state index in [0.29, 0.717) is 6.42 Å². The number of carbonyl (C=O) groups excluding carboxylic acids is 2. The van der Waals surface area contributed by atoms with Crippen molar-refractivity contribution in [3.8, 4) is 0 Å². The summed E-state index contributed by atoms with van der Waals surface area (Å²) in [6.07, 6.45) is 51.2. The van der Waals surface area contributed by atoms with Crippen LogP contribution in [0, 0.1) is 0 Å². The van der Waals surface area contributed by atoms with E-state index in [1.54, 1.807) is 0 Å². The van der Waals surface area contributed by atoms with Gasteiger partial charge in [0.15, 0.2) is 6.10 Å².